The van der Waals surface area contributed by atoms with Gasteiger partial charge in [-0.3, -0.25) is 5.32 Å². The third-order valence-electron chi connectivity index (χ3n) is 2.28. The highest BCUT2D eigenvalue weighted by molar-refractivity contribution is 7.13. The van der Waals surface area contributed by atoms with Crippen LogP contribution < -0.4 is 15.4 Å². The second kappa shape index (κ2) is 6.02. The van der Waals surface area contributed by atoms with E-state index in [1.807, 2.05) is 24.3 Å². The minimum absolute atomic E-state index is 0.282. The van der Waals surface area contributed by atoms with E-state index in [9.17, 15) is 4.79 Å². The first-order chi connectivity index (χ1) is 8.79. The van der Waals surface area contributed by atoms with Crippen LogP contribution in [-0.2, 0) is 6.54 Å². The van der Waals surface area contributed by atoms with Crippen molar-refractivity contribution >= 4 is 22.5 Å². The standard InChI is InChI=1S/C12H13N3O2S/c1-17-10-5-3-2-4-9(10)8-14-11(16)15-12-13-6-7-18-12/h2-7H,8H2,1H3,(H2,13,14,15,16). The summed E-state index contributed by atoms with van der Waals surface area (Å²) in [6.07, 6.45) is 1.64. The number of carbonyl (C=O) groups is 1. The Morgan fingerprint density at radius 1 is 1.44 bits per heavy atom. The zero-order chi connectivity index (χ0) is 12.8. The SMILES string of the molecule is COc1ccccc1CNC(=O)Nc1nccs1. The number of para-hydroxylation sites is 1. The van der Waals surface area contributed by atoms with E-state index in [0.29, 0.717) is 11.7 Å². The molecule has 0 saturated carbocycles. The lowest BCUT2D eigenvalue weighted by Crippen LogP contribution is -2.28. The van der Waals surface area contributed by atoms with Crippen LogP contribution in [0.5, 0.6) is 5.75 Å². The molecular formula is C12H13N3O2S. The molecule has 2 amide bonds. The molecule has 0 bridgehead atoms. The molecule has 0 fully saturated rings. The first kappa shape index (κ1) is 12.4. The van der Waals surface area contributed by atoms with Crippen molar-refractivity contribution in [3.8, 4) is 5.75 Å². The number of methoxy groups -OCH3 is 1. The van der Waals surface area contributed by atoms with Crippen molar-refractivity contribution in [1.29, 1.82) is 0 Å². The lowest BCUT2D eigenvalue weighted by atomic mass is 10.2. The second-order valence-electron chi connectivity index (χ2n) is 3.46. The van der Waals surface area contributed by atoms with Crippen LogP contribution in [-0.4, -0.2) is 18.1 Å². The van der Waals surface area contributed by atoms with Crippen molar-refractivity contribution < 1.29 is 9.53 Å². The van der Waals surface area contributed by atoms with Crippen LogP contribution in [0.25, 0.3) is 0 Å². The van der Waals surface area contributed by atoms with Crippen molar-refractivity contribution in [1.82, 2.24) is 10.3 Å². The van der Waals surface area contributed by atoms with E-state index in [2.05, 4.69) is 15.6 Å². The Kier molecular flexibility index (Phi) is 4.14. The smallest absolute Gasteiger partial charge is 0.321 e. The van der Waals surface area contributed by atoms with Crippen LogP contribution in [0.4, 0.5) is 9.93 Å². The quantitative estimate of drug-likeness (QED) is 0.890. The summed E-state index contributed by atoms with van der Waals surface area (Å²) in [5.41, 5.74) is 0.925. The monoisotopic (exact) mass is 263 g/mol. The third-order valence-corrected chi connectivity index (χ3v) is 2.97. The summed E-state index contributed by atoms with van der Waals surface area (Å²) in [4.78, 5) is 15.6. The molecule has 0 spiro atoms. The topological polar surface area (TPSA) is 63.2 Å². The molecule has 94 valence electrons. The van der Waals surface area contributed by atoms with Gasteiger partial charge in [-0.05, 0) is 6.07 Å². The molecule has 1 aromatic carbocycles. The number of aromatic nitrogens is 1. The van der Waals surface area contributed by atoms with Gasteiger partial charge in [0, 0.05) is 23.7 Å². The molecule has 1 aromatic heterocycles. The molecule has 0 atom stereocenters. The summed E-state index contributed by atoms with van der Waals surface area (Å²) >= 11 is 1.37. The summed E-state index contributed by atoms with van der Waals surface area (Å²) in [7, 11) is 1.61. The molecule has 0 aliphatic carbocycles. The molecule has 2 N–H and O–H groups in total. The number of benzene rings is 1. The number of carbonyl (C=O) groups excluding carboxylic acids is 1. The molecule has 2 rings (SSSR count). The summed E-state index contributed by atoms with van der Waals surface area (Å²) in [5.74, 6) is 0.757. The Morgan fingerprint density at radius 3 is 3.00 bits per heavy atom. The second-order valence-corrected chi connectivity index (χ2v) is 4.35. The van der Waals surface area contributed by atoms with Crippen molar-refractivity contribution in [2.45, 2.75) is 6.54 Å². The van der Waals surface area contributed by atoms with E-state index in [0.717, 1.165) is 11.3 Å². The number of rotatable bonds is 4. The minimum atomic E-state index is -0.282. The highest BCUT2D eigenvalue weighted by atomic mass is 32.1. The maximum atomic E-state index is 11.6. The number of nitrogens with one attached hydrogen (secondary N) is 2. The number of hydrogen-bond acceptors (Lipinski definition) is 4. The number of anilines is 1. The summed E-state index contributed by atoms with van der Waals surface area (Å²) in [6, 6.07) is 7.27. The number of amides is 2. The van der Waals surface area contributed by atoms with Gasteiger partial charge >= 0.3 is 6.03 Å². The van der Waals surface area contributed by atoms with E-state index >= 15 is 0 Å². The van der Waals surface area contributed by atoms with Crippen molar-refractivity contribution in [2.75, 3.05) is 12.4 Å². The van der Waals surface area contributed by atoms with Gasteiger partial charge in [0.05, 0.1) is 7.11 Å². The highest BCUT2D eigenvalue weighted by Gasteiger charge is 2.05. The molecule has 18 heavy (non-hydrogen) atoms. The predicted molar refractivity (Wildman–Crippen MR) is 71.0 cm³/mol. The van der Waals surface area contributed by atoms with E-state index < -0.39 is 0 Å². The minimum Gasteiger partial charge on any atom is -0.496 e. The van der Waals surface area contributed by atoms with Gasteiger partial charge in [0.2, 0.25) is 0 Å². The normalized spacial score (nSPS) is 9.83. The van der Waals surface area contributed by atoms with Gasteiger partial charge in [0.25, 0.3) is 0 Å². The Labute approximate surface area is 109 Å². The lowest BCUT2D eigenvalue weighted by Gasteiger charge is -2.09. The maximum Gasteiger partial charge on any atom is 0.321 e. The fourth-order valence-corrected chi connectivity index (χ4v) is 1.97. The molecule has 0 unspecified atom stereocenters. The molecule has 0 radical (unpaired) electrons. The summed E-state index contributed by atoms with van der Waals surface area (Å²) < 4.78 is 5.20. The highest BCUT2D eigenvalue weighted by Crippen LogP contribution is 2.16. The largest absolute Gasteiger partial charge is 0.496 e. The van der Waals surface area contributed by atoms with Crippen molar-refractivity contribution in [2.24, 2.45) is 0 Å². The first-order valence-corrected chi connectivity index (χ1v) is 6.24. The van der Waals surface area contributed by atoms with Crippen LogP contribution in [0.3, 0.4) is 0 Å². The van der Waals surface area contributed by atoms with Crippen molar-refractivity contribution in [3.63, 3.8) is 0 Å². The van der Waals surface area contributed by atoms with Crippen LogP contribution in [0, 0.1) is 0 Å². The van der Waals surface area contributed by atoms with Crippen LogP contribution in [0.15, 0.2) is 35.8 Å². The lowest BCUT2D eigenvalue weighted by molar-refractivity contribution is 0.251. The van der Waals surface area contributed by atoms with Crippen LogP contribution in [0.1, 0.15) is 5.56 Å². The molecule has 1 heterocycles. The predicted octanol–water partition coefficient (Wildman–Crippen LogP) is 2.47. The Hall–Kier alpha value is -2.08. The van der Waals surface area contributed by atoms with Crippen LogP contribution in [0.2, 0.25) is 0 Å². The average molecular weight is 263 g/mol. The van der Waals surface area contributed by atoms with E-state index in [1.165, 1.54) is 11.3 Å². The van der Waals surface area contributed by atoms with Gasteiger partial charge in [0.1, 0.15) is 5.75 Å². The first-order valence-electron chi connectivity index (χ1n) is 5.36. The molecule has 0 saturated heterocycles. The van der Waals surface area contributed by atoms with Gasteiger partial charge in [0.15, 0.2) is 5.13 Å². The van der Waals surface area contributed by atoms with E-state index in [-0.39, 0.29) is 6.03 Å². The number of hydrogen-bond donors (Lipinski definition) is 2. The van der Waals surface area contributed by atoms with Gasteiger partial charge in [-0.1, -0.05) is 18.2 Å². The molecule has 5 nitrogen and oxygen atoms in total. The molecule has 0 aliphatic heterocycles. The van der Waals surface area contributed by atoms with Gasteiger partial charge in [-0.25, -0.2) is 9.78 Å². The Morgan fingerprint density at radius 2 is 2.28 bits per heavy atom. The summed E-state index contributed by atoms with van der Waals surface area (Å²) in [5, 5.41) is 7.77. The fourth-order valence-electron chi connectivity index (χ4n) is 1.45. The van der Waals surface area contributed by atoms with Gasteiger partial charge < -0.3 is 10.1 Å². The van der Waals surface area contributed by atoms with E-state index in [1.54, 1.807) is 18.7 Å². The zero-order valence-electron chi connectivity index (χ0n) is 9.84. The maximum absolute atomic E-state index is 11.6. The number of nitrogens with zero attached hydrogens (tertiary/aromatic N) is 1. The molecule has 6 heteroatoms. The van der Waals surface area contributed by atoms with E-state index in [4.69, 9.17) is 4.74 Å². The number of ether oxygens (including phenoxy) is 1. The average Bonchev–Trinajstić information content (AvgIpc) is 2.89. The van der Waals surface area contributed by atoms with Gasteiger partial charge in [-0.15, -0.1) is 11.3 Å². The third kappa shape index (κ3) is 3.21. The Bertz CT molecular complexity index is 514. The number of urea groups is 1. The zero-order valence-corrected chi connectivity index (χ0v) is 10.7. The van der Waals surface area contributed by atoms with Crippen LogP contribution >= 0.6 is 11.3 Å². The fraction of sp³-hybridized carbons (Fsp3) is 0.167. The molecule has 0 aliphatic rings. The number of thiazole rings is 1. The summed E-state index contributed by atoms with van der Waals surface area (Å²) in [6.45, 7) is 0.404. The molecule has 2 aromatic rings. The molecular weight excluding hydrogens is 250 g/mol. The van der Waals surface area contributed by atoms with Gasteiger partial charge in [-0.2, -0.15) is 0 Å². The van der Waals surface area contributed by atoms with Crippen molar-refractivity contribution in [3.05, 3.63) is 41.4 Å². The Balaban J connectivity index is 1.89.